The van der Waals surface area contributed by atoms with Gasteiger partial charge in [0, 0.05) is 48.4 Å². The molecule has 0 aliphatic heterocycles. The van der Waals surface area contributed by atoms with Crippen LogP contribution in [0.2, 0.25) is 82.6 Å². The van der Waals surface area contributed by atoms with Crippen LogP contribution in [0.5, 0.6) is 11.5 Å². The molecule has 0 aliphatic rings. The zero-order valence-electron chi connectivity index (χ0n) is 56.7. The molecule has 0 saturated heterocycles. The van der Waals surface area contributed by atoms with Crippen LogP contribution in [-0.4, -0.2) is 74.2 Å². The number of carbonyl (C=O) groups is 2. The SMILES string of the molecule is CP=S.II.[C-]#[N+]c1ccc(C[C@@H](C(=O)NNC(=O)c2cccc(O[Si](C)(C)C(C)(C)C)c2)[C@H](C)O[Si](C)(C)C(C)(C)C)c(C)c1Cl.[C-]#[N+]c1ccc(C[C@@H](c2nnc(-c3cccc(O[Si](C)(C)C(C)(C)C)c3)o2)[C@H](C)O[Si](C)(C)C(C)(C)C)c(C)c1Cl. The van der Waals surface area contributed by atoms with Gasteiger partial charge >= 0.3 is 0 Å². The molecule has 0 aliphatic carbocycles. The maximum atomic E-state index is 13.7. The standard InChI is InChI=1S/C32H48ClN3O4Si2.C32H46ClN3O3Si2.CH3PS.I2/c1-21-23(17-18-27(34-9)28(21)33)20-26(22(2)39-41(10,11)31(3,4)5)30(38)36-35-29(37)24-15-14-16-25(19-24)40-42(12,13)32(6,7)8;1-21-23(17-18-27(34-9)28(21)33)20-26(22(2)38-40(10,11)31(3,4)5)30-36-35-29(37-30)24-15-14-16-25(19-24)39-41(12,13)32(6,7)8;1-2-3;1-2/h14-19,22,26H,20H2,1-8,10-13H3,(H,35,37)(H,36,38);14-19,22,26H,20H2,1-8,10-13H3;1H3;/t2*22-,26+;;/m00../s1. The van der Waals surface area contributed by atoms with Crippen LogP contribution in [0.3, 0.4) is 0 Å². The predicted molar refractivity (Wildman–Crippen MR) is 400 cm³/mol. The highest BCUT2D eigenvalue weighted by Gasteiger charge is 2.44. The molecule has 5 aromatic rings. The van der Waals surface area contributed by atoms with Crippen molar-refractivity contribution in [2.45, 2.75) is 214 Å². The van der Waals surface area contributed by atoms with E-state index in [1.54, 1.807) is 30.3 Å². The average molecular weight is 1570 g/mol. The summed E-state index contributed by atoms with van der Waals surface area (Å²) in [6, 6.07) is 22.2. The van der Waals surface area contributed by atoms with E-state index in [2.05, 4.69) is 222 Å². The molecule has 0 unspecified atom stereocenters. The van der Waals surface area contributed by atoms with Gasteiger partial charge in [-0.3, -0.25) is 20.4 Å². The van der Waals surface area contributed by atoms with Crippen LogP contribution in [0.25, 0.3) is 21.1 Å². The summed E-state index contributed by atoms with van der Waals surface area (Å²) in [6.45, 7) is 68.3. The minimum Gasteiger partial charge on any atom is -0.543 e. The number of rotatable bonds is 18. The first-order chi connectivity index (χ1) is 40.3. The Morgan fingerprint density at radius 1 is 0.636 bits per heavy atom. The average Bonchev–Trinajstić information content (AvgIpc) is 3.43. The molecule has 1 aromatic heterocycles. The topological polar surface area (TPSA) is 143 Å². The van der Waals surface area contributed by atoms with Crippen LogP contribution in [0, 0.1) is 32.9 Å². The summed E-state index contributed by atoms with van der Waals surface area (Å²) in [7, 11) is -7.40. The molecule has 0 spiro atoms. The molecule has 2 amide bonds. The lowest BCUT2D eigenvalue weighted by Crippen LogP contribution is -2.51. The first-order valence-corrected chi connectivity index (χ1v) is 50.4. The van der Waals surface area contributed by atoms with Crippen LogP contribution in [0.1, 0.15) is 141 Å². The number of hydrogen-bond acceptors (Lipinski definition) is 10. The van der Waals surface area contributed by atoms with E-state index in [-0.39, 0.29) is 38.1 Å². The lowest BCUT2D eigenvalue weighted by Gasteiger charge is -2.40. The number of amides is 2. The highest BCUT2D eigenvalue weighted by Crippen LogP contribution is 2.44. The number of carbonyl (C=O) groups excluding carboxylic acids is 2. The maximum Gasteiger partial charge on any atom is 0.269 e. The second-order valence-electron chi connectivity index (χ2n) is 28.2. The van der Waals surface area contributed by atoms with Crippen molar-refractivity contribution >= 4 is 136 Å². The number of halogens is 4. The third kappa shape index (κ3) is 22.6. The Kier molecular flexibility index (Phi) is 31.0. The second-order valence-corrected chi connectivity index (χ2v) is 49.4. The number of hydrogen-bond donors (Lipinski definition) is 2. The fraction of sp³-hybridized carbons (Fsp3) is 0.538. The van der Waals surface area contributed by atoms with Crippen molar-refractivity contribution in [3.05, 3.63) is 139 Å². The first kappa shape index (κ1) is 81.0. The summed E-state index contributed by atoms with van der Waals surface area (Å²) in [5, 5.41) is 9.96. The zero-order valence-corrected chi connectivity index (χ0v) is 68.2. The minimum atomic E-state index is -2.21. The summed E-state index contributed by atoms with van der Waals surface area (Å²) in [4.78, 5) is 33.8. The Morgan fingerprint density at radius 3 is 1.48 bits per heavy atom. The monoisotopic (exact) mass is 1570 g/mol. The summed E-state index contributed by atoms with van der Waals surface area (Å²) >= 11 is 21.6. The lowest BCUT2D eigenvalue weighted by molar-refractivity contribution is -0.128. The van der Waals surface area contributed by atoms with Crippen molar-refractivity contribution in [1.29, 1.82) is 0 Å². The van der Waals surface area contributed by atoms with Crippen LogP contribution in [0.15, 0.2) is 77.2 Å². The molecule has 0 saturated carbocycles. The molecule has 23 heteroatoms. The zero-order chi connectivity index (χ0) is 67.9. The molecule has 0 fully saturated rings. The summed E-state index contributed by atoms with van der Waals surface area (Å²) in [5.41, 5.74) is 10.8. The van der Waals surface area contributed by atoms with E-state index in [9.17, 15) is 9.59 Å². The van der Waals surface area contributed by atoms with Gasteiger partial charge in [0.15, 0.2) is 16.6 Å². The van der Waals surface area contributed by atoms with Crippen LogP contribution in [0.4, 0.5) is 11.4 Å². The Morgan fingerprint density at radius 2 is 1.05 bits per heavy atom. The molecule has 0 bridgehead atoms. The number of nitrogens with one attached hydrogen (secondary N) is 2. The molecule has 13 nitrogen and oxygen atoms in total. The quantitative estimate of drug-likeness (QED) is 0.0286. The third-order valence-electron chi connectivity index (χ3n) is 17.7. The lowest BCUT2D eigenvalue weighted by atomic mass is 9.91. The Hall–Kier alpha value is -3.11. The van der Waals surface area contributed by atoms with Crippen molar-refractivity contribution in [2.75, 3.05) is 6.66 Å². The van der Waals surface area contributed by atoms with Gasteiger partial charge in [-0.2, -0.15) is 0 Å². The van der Waals surface area contributed by atoms with Crippen molar-refractivity contribution in [2.24, 2.45) is 5.92 Å². The number of aromatic nitrogens is 2. The molecule has 88 heavy (non-hydrogen) atoms. The van der Waals surface area contributed by atoms with E-state index in [4.69, 9.17) is 58.5 Å². The molecular formula is C65H97Cl2I2N6O7PSSi4. The Labute approximate surface area is 572 Å². The van der Waals surface area contributed by atoms with Gasteiger partial charge in [0.05, 0.1) is 47.2 Å². The fourth-order valence-corrected chi connectivity index (χ4v) is 13.3. The van der Waals surface area contributed by atoms with Gasteiger partial charge < -0.3 is 22.1 Å². The molecule has 4 aromatic carbocycles. The van der Waals surface area contributed by atoms with E-state index in [1.165, 1.54) is 0 Å². The Bertz CT molecular complexity index is 3260. The highest BCUT2D eigenvalue weighted by atomic mass is 128. The molecule has 1 heterocycles. The van der Waals surface area contributed by atoms with Crippen molar-refractivity contribution in [1.82, 2.24) is 21.0 Å². The normalized spacial score (nSPS) is 13.7. The molecular weight excluding hydrogens is 1480 g/mol. The van der Waals surface area contributed by atoms with Gasteiger partial charge in [-0.15, -0.1) is 10.2 Å². The summed E-state index contributed by atoms with van der Waals surface area (Å²) in [6.07, 6.45) is 0.298. The molecule has 2 N–H and O–H groups in total. The van der Waals surface area contributed by atoms with Crippen molar-refractivity contribution < 1.29 is 31.7 Å². The van der Waals surface area contributed by atoms with Gasteiger partial charge in [-0.05, 0) is 186 Å². The molecule has 5 rings (SSSR count). The van der Waals surface area contributed by atoms with E-state index in [0.29, 0.717) is 57.4 Å². The van der Waals surface area contributed by atoms with E-state index in [0.717, 1.165) is 40.9 Å². The van der Waals surface area contributed by atoms with Gasteiger partial charge in [0.2, 0.25) is 45.7 Å². The molecule has 0 radical (unpaired) electrons. The maximum absolute atomic E-state index is 13.7. The number of hydrazine groups is 1. The second kappa shape index (κ2) is 33.6. The fourth-order valence-electron chi connectivity index (χ4n) is 7.96. The van der Waals surface area contributed by atoms with Gasteiger partial charge in [0.25, 0.3) is 5.91 Å². The van der Waals surface area contributed by atoms with E-state index in [1.807, 2.05) is 69.9 Å². The van der Waals surface area contributed by atoms with Crippen LogP contribution < -0.4 is 19.7 Å². The van der Waals surface area contributed by atoms with Gasteiger partial charge in [0.1, 0.15) is 11.5 Å². The molecule has 484 valence electrons. The smallest absolute Gasteiger partial charge is 0.269 e. The van der Waals surface area contributed by atoms with Gasteiger partial charge in [-0.1, -0.05) is 154 Å². The minimum absolute atomic E-state index is 0.0102. The van der Waals surface area contributed by atoms with Crippen molar-refractivity contribution in [3.8, 4) is 23.0 Å². The van der Waals surface area contributed by atoms with E-state index < -0.39 is 51.2 Å². The highest BCUT2D eigenvalue weighted by molar-refractivity contribution is 15.0. The van der Waals surface area contributed by atoms with Crippen LogP contribution >= 0.6 is 67.8 Å². The van der Waals surface area contributed by atoms with E-state index >= 15 is 0 Å². The first-order valence-electron chi connectivity index (χ1n) is 29.3. The summed E-state index contributed by atoms with van der Waals surface area (Å²) < 4.78 is 32.7. The van der Waals surface area contributed by atoms with Crippen molar-refractivity contribution in [3.63, 3.8) is 0 Å². The number of nitrogens with zero attached hydrogens (tertiary/aromatic N) is 4. The largest absolute Gasteiger partial charge is 0.543 e. The Balaban J connectivity index is 0.000000559. The third-order valence-corrected chi connectivity index (χ3v) is 36.5. The van der Waals surface area contributed by atoms with Crippen LogP contribution in [-0.2, 0) is 38.3 Å². The predicted octanol–water partition coefficient (Wildman–Crippen LogP) is 21.8. The number of benzene rings is 4. The summed E-state index contributed by atoms with van der Waals surface area (Å²) in [5.74, 6) is 0.770. The van der Waals surface area contributed by atoms with Gasteiger partial charge in [-0.25, -0.2) is 9.69 Å². The molecule has 4 atom stereocenters.